The van der Waals surface area contributed by atoms with Gasteiger partial charge in [-0.15, -0.1) is 0 Å². The lowest BCUT2D eigenvalue weighted by Crippen LogP contribution is -2.36. The van der Waals surface area contributed by atoms with Crippen molar-refractivity contribution >= 4 is 56.8 Å². The molecule has 4 aromatic rings. The summed E-state index contributed by atoms with van der Waals surface area (Å²) < 4.78 is 5.66. The number of nitrogens with zero attached hydrogens (tertiary/aromatic N) is 3. The first kappa shape index (κ1) is 37.4. The molecule has 5 nitrogen and oxygen atoms in total. The van der Waals surface area contributed by atoms with Crippen LogP contribution >= 0.6 is 11.3 Å². The lowest BCUT2D eigenvalue weighted by Gasteiger charge is -2.31. The van der Waals surface area contributed by atoms with Crippen LogP contribution in [0.3, 0.4) is 0 Å². The number of fused-ring (bicyclic) bond motifs is 1. The van der Waals surface area contributed by atoms with Crippen LogP contribution in [0.15, 0.2) is 72.0 Å². The lowest BCUT2D eigenvalue weighted by atomic mass is 9.85. The van der Waals surface area contributed by atoms with E-state index >= 15 is 0 Å². The van der Waals surface area contributed by atoms with Crippen molar-refractivity contribution in [1.29, 1.82) is 0 Å². The van der Waals surface area contributed by atoms with E-state index in [2.05, 4.69) is 108 Å². The highest BCUT2D eigenvalue weighted by Gasteiger charge is 2.32. The van der Waals surface area contributed by atoms with Gasteiger partial charge in [-0.25, -0.2) is 0 Å². The molecule has 0 atom stereocenters. The second-order valence-corrected chi connectivity index (χ2v) is 14.7. The molecule has 0 bridgehead atoms. The normalized spacial score (nSPS) is 14.1. The van der Waals surface area contributed by atoms with Crippen molar-refractivity contribution in [1.82, 2.24) is 4.57 Å². The topological polar surface area (TPSA) is 52.2 Å². The standard InChI is InChI=1S/C44H57N3O2S/c1-5-9-13-17-31-46-36(26-23-34-21-24-35(25-22-34)45(29-11-7-3)30-12-8-4)27-28-39(46)42-43(48)37(44(42)49)33-41-47(32-18-14-10-6-2)38-19-15-16-20-40(38)50-41/h15-16,19-28,33H,5-14,17-18,29-32H2,1-4H3. The summed E-state index contributed by atoms with van der Waals surface area (Å²) in [5.41, 5.74) is 5.98. The molecule has 1 aliphatic rings. The number of benzene rings is 2. The number of hydrogen-bond acceptors (Lipinski definition) is 4. The average Bonchev–Trinajstić information content (AvgIpc) is 3.70. The Bertz CT molecular complexity index is 1780. The number of unbranched alkanes of at least 4 members (excludes halogenated alkanes) is 8. The van der Waals surface area contributed by atoms with Crippen LogP contribution in [-0.2, 0) is 17.9 Å². The molecular formula is C44H57N3O2S. The number of aromatic nitrogens is 2. The number of anilines is 1. The van der Waals surface area contributed by atoms with E-state index in [9.17, 15) is 9.90 Å². The van der Waals surface area contributed by atoms with Crippen LogP contribution in [0.4, 0.5) is 5.69 Å². The summed E-state index contributed by atoms with van der Waals surface area (Å²) in [6, 6.07) is 21.3. The fourth-order valence-corrected chi connectivity index (χ4v) is 7.96. The predicted molar refractivity (Wildman–Crippen MR) is 212 cm³/mol. The molecule has 5 rings (SSSR count). The van der Waals surface area contributed by atoms with Gasteiger partial charge in [0.1, 0.15) is 4.70 Å². The number of hydrogen-bond donors (Lipinski definition) is 0. The van der Waals surface area contributed by atoms with E-state index in [0.29, 0.717) is 11.1 Å². The van der Waals surface area contributed by atoms with Crippen molar-refractivity contribution in [3.05, 3.63) is 94.0 Å². The van der Waals surface area contributed by atoms with Gasteiger partial charge in [-0.2, -0.15) is 4.57 Å². The summed E-state index contributed by atoms with van der Waals surface area (Å²) >= 11 is 1.66. The number of rotatable bonds is 21. The van der Waals surface area contributed by atoms with Crippen LogP contribution in [0.1, 0.15) is 127 Å². The van der Waals surface area contributed by atoms with Gasteiger partial charge in [0, 0.05) is 60.7 Å². The van der Waals surface area contributed by atoms with Crippen molar-refractivity contribution in [2.24, 2.45) is 0 Å². The molecule has 0 fully saturated rings. The maximum atomic E-state index is 13.8. The number of ketones is 1. The zero-order valence-corrected chi connectivity index (χ0v) is 31.7. The Balaban J connectivity index is 1.41. The molecule has 2 heterocycles. The summed E-state index contributed by atoms with van der Waals surface area (Å²) in [6.07, 6.45) is 20.1. The zero-order chi connectivity index (χ0) is 35.3. The highest BCUT2D eigenvalue weighted by Crippen LogP contribution is 2.37. The Morgan fingerprint density at radius 1 is 0.760 bits per heavy atom. The molecule has 0 amide bonds. The summed E-state index contributed by atoms with van der Waals surface area (Å²) in [7, 11) is 0. The van der Waals surface area contributed by atoms with E-state index in [1.165, 1.54) is 67.3 Å². The van der Waals surface area contributed by atoms with Gasteiger partial charge in [-0.3, -0.25) is 4.79 Å². The predicted octanol–water partition coefficient (Wildman–Crippen LogP) is 10.5. The van der Waals surface area contributed by atoms with Gasteiger partial charge in [0.15, 0.2) is 12.3 Å². The first-order valence-electron chi connectivity index (χ1n) is 19.3. The highest BCUT2D eigenvalue weighted by molar-refractivity contribution is 7.18. The lowest BCUT2D eigenvalue weighted by molar-refractivity contribution is -0.669. The molecule has 6 heteroatoms. The maximum Gasteiger partial charge on any atom is 0.263 e. The van der Waals surface area contributed by atoms with E-state index < -0.39 is 0 Å². The monoisotopic (exact) mass is 691 g/mol. The fourth-order valence-electron chi connectivity index (χ4n) is 6.83. The molecule has 0 saturated carbocycles. The van der Waals surface area contributed by atoms with Gasteiger partial charge >= 0.3 is 0 Å². The number of thiazole rings is 1. The third-order valence-corrected chi connectivity index (χ3v) is 11.0. The molecule has 2 aromatic heterocycles. The van der Waals surface area contributed by atoms with Gasteiger partial charge in [0.25, 0.3) is 5.01 Å². The molecule has 50 heavy (non-hydrogen) atoms. The van der Waals surface area contributed by atoms with Crippen molar-refractivity contribution < 1.29 is 14.5 Å². The zero-order valence-electron chi connectivity index (χ0n) is 30.9. The minimum atomic E-state index is -0.139. The number of carbonyl (C=O) groups is 1. The molecule has 0 radical (unpaired) electrons. The summed E-state index contributed by atoms with van der Waals surface area (Å²) in [4.78, 5) is 16.3. The van der Waals surface area contributed by atoms with Gasteiger partial charge < -0.3 is 14.6 Å². The van der Waals surface area contributed by atoms with Crippen LogP contribution in [-0.4, -0.2) is 23.4 Å². The quantitative estimate of drug-likeness (QED) is 0.0496. The molecule has 0 N–H and O–H groups in total. The highest BCUT2D eigenvalue weighted by atomic mass is 32.1. The van der Waals surface area contributed by atoms with Gasteiger partial charge in [-0.1, -0.05) is 120 Å². The van der Waals surface area contributed by atoms with E-state index in [4.69, 9.17) is 0 Å². The Hall–Kier alpha value is -3.90. The first-order chi connectivity index (χ1) is 24.5. The van der Waals surface area contributed by atoms with E-state index in [1.807, 2.05) is 12.1 Å². The minimum Gasteiger partial charge on any atom is -0.871 e. The van der Waals surface area contributed by atoms with Crippen molar-refractivity contribution in [3.8, 4) is 0 Å². The Morgan fingerprint density at radius 2 is 1.44 bits per heavy atom. The largest absolute Gasteiger partial charge is 0.871 e. The number of aryl methyl sites for hydroxylation is 1. The summed E-state index contributed by atoms with van der Waals surface area (Å²) in [5.74, 6) is -0.278. The molecule has 0 spiro atoms. The SMILES string of the molecule is CCCCCCn1c(/C=C/c2ccc(N(CCCC)CCCC)cc2)ccc1C1=C([O-])/C(=C/c2sc3ccccc3[n+]2CCCCCC)C1=O. The van der Waals surface area contributed by atoms with Gasteiger partial charge in [-0.05, 0) is 67.7 Å². The Labute approximate surface area is 304 Å². The number of allylic oxidation sites excluding steroid dienone is 2. The first-order valence-corrected chi connectivity index (χ1v) is 20.1. The molecule has 266 valence electrons. The molecule has 1 aliphatic carbocycles. The smallest absolute Gasteiger partial charge is 0.263 e. The summed E-state index contributed by atoms with van der Waals surface area (Å²) in [6.45, 7) is 12.8. The molecule has 2 aromatic carbocycles. The number of carbonyl (C=O) groups excluding carboxylic acids is 1. The van der Waals surface area contributed by atoms with Crippen molar-refractivity contribution in [3.63, 3.8) is 0 Å². The van der Waals surface area contributed by atoms with Crippen LogP contribution < -0.4 is 14.6 Å². The van der Waals surface area contributed by atoms with Crippen LogP contribution in [0, 0.1) is 0 Å². The maximum absolute atomic E-state index is 13.8. The van der Waals surface area contributed by atoms with E-state index in [0.717, 1.165) is 73.8 Å². The Morgan fingerprint density at radius 3 is 2.12 bits per heavy atom. The molecular weight excluding hydrogens is 635 g/mol. The van der Waals surface area contributed by atoms with Crippen molar-refractivity contribution in [2.75, 3.05) is 18.0 Å². The fraction of sp³-hybridized carbons (Fsp3) is 0.455. The van der Waals surface area contributed by atoms with E-state index in [-0.39, 0.29) is 11.5 Å². The second kappa shape index (κ2) is 18.9. The van der Waals surface area contributed by atoms with Crippen LogP contribution in [0.5, 0.6) is 0 Å². The average molecular weight is 692 g/mol. The van der Waals surface area contributed by atoms with Gasteiger partial charge in [0.05, 0.1) is 5.69 Å². The van der Waals surface area contributed by atoms with Crippen LogP contribution in [0.2, 0.25) is 0 Å². The molecule has 0 saturated heterocycles. The Kier molecular flexibility index (Phi) is 14.1. The van der Waals surface area contributed by atoms with Crippen molar-refractivity contribution in [2.45, 2.75) is 118 Å². The van der Waals surface area contributed by atoms with Crippen LogP contribution in [0.25, 0.3) is 34.0 Å². The third kappa shape index (κ3) is 9.06. The third-order valence-electron chi connectivity index (χ3n) is 9.86. The van der Waals surface area contributed by atoms with E-state index in [1.54, 1.807) is 11.3 Å². The van der Waals surface area contributed by atoms with Gasteiger partial charge in [0.2, 0.25) is 5.52 Å². The summed E-state index contributed by atoms with van der Waals surface area (Å²) in [5, 5.41) is 14.7. The minimum absolute atomic E-state index is 0.139. The molecule has 0 unspecified atom stereocenters. The molecule has 0 aliphatic heterocycles. The second-order valence-electron chi connectivity index (χ2n) is 13.7. The number of Topliss-reactive ketones (excluding diaryl/α,β-unsaturated/α-hetero) is 1. The number of para-hydroxylation sites is 1.